The van der Waals surface area contributed by atoms with Crippen molar-refractivity contribution in [3.63, 3.8) is 0 Å². The maximum absolute atomic E-state index is 10.2. The molecule has 0 aliphatic heterocycles. The van der Waals surface area contributed by atoms with Gasteiger partial charge in [0, 0.05) is 18.5 Å². The van der Waals surface area contributed by atoms with Gasteiger partial charge >= 0.3 is 0 Å². The summed E-state index contributed by atoms with van der Waals surface area (Å²) >= 11 is 5.89. The number of halogens is 1. The Labute approximate surface area is 122 Å². The molecule has 0 amide bonds. The van der Waals surface area contributed by atoms with E-state index in [-0.39, 0.29) is 11.8 Å². The largest absolute Gasteiger partial charge is 0.506 e. The third kappa shape index (κ3) is 2.40. The Hall–Kier alpha value is -1.55. The zero-order chi connectivity index (χ0) is 14.1. The van der Waals surface area contributed by atoms with Crippen molar-refractivity contribution in [1.82, 2.24) is 5.32 Å². The normalized spacial score (nSPS) is 20.9. The van der Waals surface area contributed by atoms with Crippen LogP contribution in [0.5, 0.6) is 5.75 Å². The summed E-state index contributed by atoms with van der Waals surface area (Å²) in [6.45, 7) is 0.461. The van der Waals surface area contributed by atoms with Crippen molar-refractivity contribution in [2.75, 3.05) is 0 Å². The number of aromatic hydroxyl groups is 1. The van der Waals surface area contributed by atoms with Crippen LogP contribution in [-0.4, -0.2) is 16.3 Å². The molecule has 0 aromatic heterocycles. The van der Waals surface area contributed by atoms with E-state index in [0.29, 0.717) is 18.0 Å². The molecule has 0 heterocycles. The van der Waals surface area contributed by atoms with Crippen LogP contribution >= 0.6 is 11.6 Å². The lowest BCUT2D eigenvalue weighted by Gasteiger charge is -2.18. The van der Waals surface area contributed by atoms with E-state index >= 15 is 0 Å². The van der Waals surface area contributed by atoms with Gasteiger partial charge in [0.25, 0.3) is 0 Å². The molecule has 0 radical (unpaired) electrons. The Kier molecular flexibility index (Phi) is 3.66. The van der Waals surface area contributed by atoms with Crippen molar-refractivity contribution in [3.05, 3.63) is 64.2 Å². The average Bonchev–Trinajstić information content (AvgIpc) is 2.76. The molecule has 0 fully saturated rings. The quantitative estimate of drug-likeness (QED) is 0.814. The lowest BCUT2D eigenvalue weighted by Crippen LogP contribution is -2.28. The molecular weight excluding hydrogens is 274 g/mol. The van der Waals surface area contributed by atoms with Crippen LogP contribution in [0.15, 0.2) is 42.5 Å². The molecule has 3 rings (SSSR count). The third-order valence-corrected chi connectivity index (χ3v) is 4.09. The molecule has 0 saturated heterocycles. The highest BCUT2D eigenvalue weighted by Gasteiger charge is 2.30. The van der Waals surface area contributed by atoms with E-state index in [0.717, 1.165) is 11.1 Å². The van der Waals surface area contributed by atoms with Gasteiger partial charge in [-0.1, -0.05) is 48.0 Å². The number of hydrogen-bond acceptors (Lipinski definition) is 3. The summed E-state index contributed by atoms with van der Waals surface area (Å²) in [6, 6.07) is 13.2. The molecule has 1 aliphatic rings. The molecule has 4 heteroatoms. The molecule has 0 unspecified atom stereocenters. The van der Waals surface area contributed by atoms with Crippen molar-refractivity contribution >= 4 is 11.6 Å². The average molecular weight is 290 g/mol. The van der Waals surface area contributed by atoms with Gasteiger partial charge in [0.15, 0.2) is 0 Å². The Morgan fingerprint density at radius 3 is 2.80 bits per heavy atom. The van der Waals surface area contributed by atoms with Gasteiger partial charge in [-0.3, -0.25) is 0 Å². The summed E-state index contributed by atoms with van der Waals surface area (Å²) < 4.78 is 0. The van der Waals surface area contributed by atoms with Crippen LogP contribution in [0.4, 0.5) is 0 Å². The van der Waals surface area contributed by atoms with Crippen LogP contribution in [0.2, 0.25) is 5.02 Å². The van der Waals surface area contributed by atoms with Gasteiger partial charge in [-0.05, 0) is 17.2 Å². The fourth-order valence-corrected chi connectivity index (χ4v) is 2.94. The lowest BCUT2D eigenvalue weighted by atomic mass is 10.1. The predicted molar refractivity (Wildman–Crippen MR) is 78.9 cm³/mol. The summed E-state index contributed by atoms with van der Waals surface area (Å²) in [6.07, 6.45) is 0.226. The number of nitrogens with one attached hydrogen (secondary N) is 1. The van der Waals surface area contributed by atoms with Crippen LogP contribution in [0.25, 0.3) is 0 Å². The number of phenols is 1. The Bertz CT molecular complexity index is 630. The van der Waals surface area contributed by atoms with Gasteiger partial charge in [-0.2, -0.15) is 0 Å². The second kappa shape index (κ2) is 5.44. The van der Waals surface area contributed by atoms with E-state index in [1.165, 1.54) is 5.56 Å². The molecule has 0 spiro atoms. The molecule has 2 atom stereocenters. The smallest absolute Gasteiger partial charge is 0.138 e. The molecule has 2 aromatic rings. The minimum Gasteiger partial charge on any atom is -0.506 e. The molecule has 3 N–H and O–H groups in total. The molecule has 0 saturated carbocycles. The zero-order valence-corrected chi connectivity index (χ0v) is 11.6. The summed E-state index contributed by atoms with van der Waals surface area (Å²) in [5.41, 5.74) is 3.03. The van der Waals surface area contributed by atoms with Crippen LogP contribution in [-0.2, 0) is 13.0 Å². The minimum absolute atomic E-state index is 0.0995. The number of aliphatic hydroxyl groups excluding tert-OH is 1. The number of fused-ring (bicyclic) bond motifs is 1. The van der Waals surface area contributed by atoms with Crippen molar-refractivity contribution < 1.29 is 10.2 Å². The summed E-state index contributed by atoms with van der Waals surface area (Å²) in [4.78, 5) is 0. The molecule has 2 aromatic carbocycles. The molecule has 3 nitrogen and oxygen atoms in total. The second-order valence-corrected chi connectivity index (χ2v) is 5.48. The maximum atomic E-state index is 10.2. The first-order valence-corrected chi connectivity index (χ1v) is 7.00. The number of para-hydroxylation sites is 1. The number of rotatable bonds is 3. The summed E-state index contributed by atoms with van der Waals surface area (Å²) in [7, 11) is 0. The molecule has 1 aliphatic carbocycles. The first kappa shape index (κ1) is 13.4. The number of aliphatic hydroxyl groups is 1. The van der Waals surface area contributed by atoms with E-state index in [4.69, 9.17) is 11.6 Å². The van der Waals surface area contributed by atoms with Crippen LogP contribution in [0.3, 0.4) is 0 Å². The Morgan fingerprint density at radius 2 is 1.95 bits per heavy atom. The maximum Gasteiger partial charge on any atom is 0.138 e. The fourth-order valence-electron chi connectivity index (χ4n) is 2.74. The van der Waals surface area contributed by atoms with E-state index in [9.17, 15) is 10.2 Å². The van der Waals surface area contributed by atoms with Gasteiger partial charge in [-0.15, -0.1) is 0 Å². The van der Waals surface area contributed by atoms with E-state index < -0.39 is 6.10 Å². The molecule has 104 valence electrons. The first-order chi connectivity index (χ1) is 9.66. The van der Waals surface area contributed by atoms with E-state index in [2.05, 4.69) is 5.32 Å². The standard InChI is InChI=1S/C16H16ClNO2/c17-13-7-3-5-11(16(13)20)9-18-15-12-6-2-1-4-10(12)8-14(15)19/h1-7,14-15,18-20H,8-9H2/t14-,15+/m0/s1. The second-order valence-electron chi connectivity index (χ2n) is 5.08. The topological polar surface area (TPSA) is 52.5 Å². The van der Waals surface area contributed by atoms with Gasteiger partial charge < -0.3 is 15.5 Å². The number of hydrogen-bond donors (Lipinski definition) is 3. The Balaban J connectivity index is 1.77. The monoisotopic (exact) mass is 289 g/mol. The predicted octanol–water partition coefficient (Wildman–Crippen LogP) is 2.79. The summed E-state index contributed by atoms with van der Waals surface area (Å²) in [5, 5.41) is 23.7. The van der Waals surface area contributed by atoms with E-state index in [1.54, 1.807) is 12.1 Å². The van der Waals surface area contributed by atoms with Crippen molar-refractivity contribution in [2.45, 2.75) is 25.1 Å². The number of phenolic OH excluding ortho intramolecular Hbond substituents is 1. The highest BCUT2D eigenvalue weighted by atomic mass is 35.5. The zero-order valence-electron chi connectivity index (χ0n) is 10.9. The highest BCUT2D eigenvalue weighted by Crippen LogP contribution is 2.32. The van der Waals surface area contributed by atoms with Gasteiger partial charge in [-0.25, -0.2) is 0 Å². The Morgan fingerprint density at radius 1 is 1.15 bits per heavy atom. The van der Waals surface area contributed by atoms with Crippen molar-refractivity contribution in [2.24, 2.45) is 0 Å². The van der Waals surface area contributed by atoms with E-state index in [1.807, 2.05) is 30.3 Å². The van der Waals surface area contributed by atoms with Crippen molar-refractivity contribution in [3.8, 4) is 5.75 Å². The minimum atomic E-state index is -0.436. The number of benzene rings is 2. The van der Waals surface area contributed by atoms with Gasteiger partial charge in [0.1, 0.15) is 5.75 Å². The van der Waals surface area contributed by atoms with Crippen LogP contribution in [0.1, 0.15) is 22.7 Å². The van der Waals surface area contributed by atoms with Crippen LogP contribution in [0, 0.1) is 0 Å². The molecular formula is C16H16ClNO2. The SMILES string of the molecule is Oc1c(Cl)cccc1CN[C@@H]1c2ccccc2C[C@@H]1O. The fraction of sp³-hybridized carbons (Fsp3) is 0.250. The highest BCUT2D eigenvalue weighted by molar-refractivity contribution is 6.32. The first-order valence-electron chi connectivity index (χ1n) is 6.62. The molecule has 20 heavy (non-hydrogen) atoms. The lowest BCUT2D eigenvalue weighted by molar-refractivity contribution is 0.140. The summed E-state index contributed by atoms with van der Waals surface area (Å²) in [5.74, 6) is 0.0995. The molecule has 0 bridgehead atoms. The van der Waals surface area contributed by atoms with Crippen molar-refractivity contribution in [1.29, 1.82) is 0 Å². The van der Waals surface area contributed by atoms with Crippen LogP contribution < -0.4 is 5.32 Å². The third-order valence-electron chi connectivity index (χ3n) is 3.79. The van der Waals surface area contributed by atoms with Gasteiger partial charge in [0.2, 0.25) is 0 Å². The van der Waals surface area contributed by atoms with Gasteiger partial charge in [0.05, 0.1) is 17.2 Å².